The Morgan fingerprint density at radius 3 is 2.62 bits per heavy atom. The van der Waals surface area contributed by atoms with Crippen LogP contribution in [0, 0.1) is 0 Å². The van der Waals surface area contributed by atoms with E-state index in [0.29, 0.717) is 6.54 Å². The van der Waals surface area contributed by atoms with Gasteiger partial charge in [-0.3, -0.25) is 0 Å². The molecule has 0 amide bonds. The Morgan fingerprint density at radius 2 is 2.08 bits per heavy atom. The van der Waals surface area contributed by atoms with Crippen LogP contribution in [0.15, 0.2) is 29.3 Å². The van der Waals surface area contributed by atoms with Gasteiger partial charge in [0.1, 0.15) is 5.75 Å². The Labute approximate surface area is 83.3 Å². The number of nitrogens with zero attached hydrogens (tertiary/aromatic N) is 1. The summed E-state index contributed by atoms with van der Waals surface area (Å²) in [5.74, 6) is 0.877. The summed E-state index contributed by atoms with van der Waals surface area (Å²) in [5.41, 5.74) is 1.23. The van der Waals surface area contributed by atoms with Crippen molar-refractivity contribution in [3.63, 3.8) is 0 Å². The molecule has 0 radical (unpaired) electrons. The molecule has 1 aromatic rings. The van der Waals surface area contributed by atoms with Gasteiger partial charge in [-0.1, -0.05) is 12.1 Å². The van der Waals surface area contributed by atoms with Crippen LogP contribution in [0.5, 0.6) is 5.75 Å². The lowest BCUT2D eigenvalue weighted by Crippen LogP contribution is -1.89. The molecule has 0 fully saturated rings. The van der Waals surface area contributed by atoms with Crippen LogP contribution in [-0.4, -0.2) is 18.8 Å². The predicted molar refractivity (Wildman–Crippen MR) is 56.6 cm³/mol. The number of isothiocyanates is 1. The molecule has 0 aliphatic rings. The van der Waals surface area contributed by atoms with E-state index in [9.17, 15) is 0 Å². The van der Waals surface area contributed by atoms with Crippen LogP contribution in [0.2, 0.25) is 0 Å². The maximum absolute atomic E-state index is 5.04. The molecule has 2 nitrogen and oxygen atoms in total. The molecule has 1 aromatic carbocycles. The molecular weight excluding hydrogens is 182 g/mol. The molecule has 0 aromatic heterocycles. The average molecular weight is 193 g/mol. The smallest absolute Gasteiger partial charge is 0.118 e. The second-order valence-corrected chi connectivity index (χ2v) is 2.75. The van der Waals surface area contributed by atoms with E-state index < -0.39 is 0 Å². The van der Waals surface area contributed by atoms with Crippen LogP contribution in [-0.2, 0) is 6.42 Å². The predicted octanol–water partition coefficient (Wildman–Crippen LogP) is 2.34. The summed E-state index contributed by atoms with van der Waals surface area (Å²) < 4.78 is 5.04. The van der Waals surface area contributed by atoms with Crippen LogP contribution < -0.4 is 4.74 Å². The summed E-state index contributed by atoms with van der Waals surface area (Å²) in [6.07, 6.45) is 0.896. The monoisotopic (exact) mass is 193 g/mol. The third-order valence-corrected chi connectivity index (χ3v) is 1.86. The number of methoxy groups -OCH3 is 1. The van der Waals surface area contributed by atoms with Gasteiger partial charge in [0.15, 0.2) is 0 Å². The van der Waals surface area contributed by atoms with E-state index in [2.05, 4.69) is 22.4 Å². The van der Waals surface area contributed by atoms with Crippen molar-refractivity contribution in [2.45, 2.75) is 6.42 Å². The fourth-order valence-corrected chi connectivity index (χ4v) is 1.11. The maximum atomic E-state index is 5.04. The van der Waals surface area contributed by atoms with Gasteiger partial charge in [0, 0.05) is 0 Å². The van der Waals surface area contributed by atoms with Gasteiger partial charge in [-0.25, -0.2) is 4.99 Å². The standard InChI is InChI=1S/C10H11NOS/c1-12-10-4-2-9(3-5-10)6-7-11-8-13/h2-5H,6-7H2,1H3. The first-order valence-corrected chi connectivity index (χ1v) is 4.44. The maximum Gasteiger partial charge on any atom is 0.118 e. The Hall–Kier alpha value is -1.18. The molecule has 3 heteroatoms. The average Bonchev–Trinajstić information content (AvgIpc) is 2.19. The number of benzene rings is 1. The van der Waals surface area contributed by atoms with E-state index in [4.69, 9.17) is 4.74 Å². The first kappa shape index (κ1) is 9.90. The SMILES string of the molecule is COc1ccc(CCN=C=S)cc1. The molecule has 0 bridgehead atoms. The van der Waals surface area contributed by atoms with Crippen molar-refractivity contribution in [2.75, 3.05) is 13.7 Å². The molecule has 13 heavy (non-hydrogen) atoms. The largest absolute Gasteiger partial charge is 0.497 e. The molecule has 0 heterocycles. The minimum atomic E-state index is 0.704. The van der Waals surface area contributed by atoms with E-state index in [1.165, 1.54) is 5.56 Å². The molecule has 0 atom stereocenters. The van der Waals surface area contributed by atoms with Crippen LogP contribution in [0.4, 0.5) is 0 Å². The van der Waals surface area contributed by atoms with Gasteiger partial charge < -0.3 is 4.74 Å². The number of aliphatic imine (C=N–C) groups is 1. The second-order valence-electron chi connectivity index (χ2n) is 2.57. The fourth-order valence-electron chi connectivity index (χ4n) is 1.02. The number of rotatable bonds is 4. The highest BCUT2D eigenvalue weighted by molar-refractivity contribution is 7.78. The Morgan fingerprint density at radius 1 is 1.38 bits per heavy atom. The van der Waals surface area contributed by atoms with Gasteiger partial charge >= 0.3 is 0 Å². The Bertz CT molecular complexity index is 301. The fraction of sp³-hybridized carbons (Fsp3) is 0.300. The molecule has 0 saturated carbocycles. The van der Waals surface area contributed by atoms with E-state index >= 15 is 0 Å². The van der Waals surface area contributed by atoms with Gasteiger partial charge in [0.05, 0.1) is 18.8 Å². The minimum absolute atomic E-state index is 0.704. The summed E-state index contributed by atoms with van der Waals surface area (Å²) >= 11 is 4.47. The molecule has 68 valence electrons. The second kappa shape index (κ2) is 5.46. The zero-order valence-corrected chi connectivity index (χ0v) is 8.30. The normalized spacial score (nSPS) is 9.00. The van der Waals surface area contributed by atoms with Crippen molar-refractivity contribution >= 4 is 17.4 Å². The third kappa shape index (κ3) is 3.36. The molecule has 0 saturated heterocycles. The lowest BCUT2D eigenvalue weighted by molar-refractivity contribution is 0.414. The van der Waals surface area contributed by atoms with Gasteiger partial charge in [0.2, 0.25) is 0 Å². The van der Waals surface area contributed by atoms with Gasteiger partial charge in [-0.05, 0) is 36.3 Å². The first-order chi connectivity index (χ1) is 6.36. The Kier molecular flexibility index (Phi) is 4.16. The van der Waals surface area contributed by atoms with E-state index in [1.807, 2.05) is 24.3 Å². The van der Waals surface area contributed by atoms with Crippen LogP contribution in [0.3, 0.4) is 0 Å². The Balaban J connectivity index is 2.53. The molecule has 0 spiro atoms. The first-order valence-electron chi connectivity index (χ1n) is 4.03. The van der Waals surface area contributed by atoms with Crippen molar-refractivity contribution < 1.29 is 4.74 Å². The van der Waals surface area contributed by atoms with E-state index in [1.54, 1.807) is 7.11 Å². The van der Waals surface area contributed by atoms with Crippen molar-refractivity contribution in [2.24, 2.45) is 4.99 Å². The van der Waals surface area contributed by atoms with Crippen molar-refractivity contribution in [3.8, 4) is 5.75 Å². The van der Waals surface area contributed by atoms with Crippen LogP contribution in [0.1, 0.15) is 5.56 Å². The zero-order valence-electron chi connectivity index (χ0n) is 7.49. The van der Waals surface area contributed by atoms with Gasteiger partial charge in [-0.2, -0.15) is 0 Å². The summed E-state index contributed by atoms with van der Waals surface area (Å²) in [7, 11) is 1.66. The number of thiocarbonyl (C=S) groups is 1. The molecule has 0 aliphatic carbocycles. The molecule has 0 unspecified atom stereocenters. The summed E-state index contributed by atoms with van der Waals surface area (Å²) in [6.45, 7) is 0.704. The van der Waals surface area contributed by atoms with Crippen molar-refractivity contribution in [1.82, 2.24) is 0 Å². The zero-order chi connectivity index (χ0) is 9.52. The van der Waals surface area contributed by atoms with E-state index in [-0.39, 0.29) is 0 Å². The molecule has 0 aliphatic heterocycles. The lowest BCUT2D eigenvalue weighted by Gasteiger charge is -2.00. The van der Waals surface area contributed by atoms with E-state index in [0.717, 1.165) is 12.2 Å². The van der Waals surface area contributed by atoms with Gasteiger partial charge in [0.25, 0.3) is 0 Å². The summed E-state index contributed by atoms with van der Waals surface area (Å²) in [4.78, 5) is 3.84. The molecule has 0 N–H and O–H groups in total. The molecule has 1 rings (SSSR count). The summed E-state index contributed by atoms with van der Waals surface area (Å²) in [6, 6.07) is 7.93. The molecular formula is C10H11NOS. The number of hydrogen-bond acceptors (Lipinski definition) is 3. The summed E-state index contributed by atoms with van der Waals surface area (Å²) in [5, 5.41) is 2.34. The van der Waals surface area contributed by atoms with Crippen LogP contribution in [0.25, 0.3) is 0 Å². The van der Waals surface area contributed by atoms with Crippen molar-refractivity contribution in [3.05, 3.63) is 29.8 Å². The minimum Gasteiger partial charge on any atom is -0.497 e. The highest BCUT2D eigenvalue weighted by Crippen LogP contribution is 2.11. The number of ether oxygens (including phenoxy) is 1. The highest BCUT2D eigenvalue weighted by Gasteiger charge is 1.92. The van der Waals surface area contributed by atoms with Gasteiger partial charge in [-0.15, -0.1) is 0 Å². The lowest BCUT2D eigenvalue weighted by atomic mass is 10.1. The third-order valence-electron chi connectivity index (χ3n) is 1.74. The number of hydrogen-bond donors (Lipinski definition) is 0. The van der Waals surface area contributed by atoms with Crippen LogP contribution >= 0.6 is 12.2 Å². The quantitative estimate of drug-likeness (QED) is 0.540. The van der Waals surface area contributed by atoms with Crippen molar-refractivity contribution in [1.29, 1.82) is 0 Å². The highest BCUT2D eigenvalue weighted by atomic mass is 32.1. The topological polar surface area (TPSA) is 21.6 Å².